The zero-order chi connectivity index (χ0) is 23.5. The predicted octanol–water partition coefficient (Wildman–Crippen LogP) is 4.73. The maximum Gasteiger partial charge on any atom is 0.290 e. The minimum atomic E-state index is -0.826. The van der Waals surface area contributed by atoms with E-state index < -0.39 is 29.3 Å². The standard InChI is InChI=1S/C25H22FNO5S/c1-31-18-10-5-15(14-19(18)32-2)11-12-27-22(16-6-8-17(26)9-7-16)21(24(29)25(27)30)23(28)20-4-3-13-33-20/h3-10,13-14,22,29H,11-12H2,1-2H3/t22-/m0/s1. The molecule has 33 heavy (non-hydrogen) atoms. The highest BCUT2D eigenvalue weighted by molar-refractivity contribution is 7.12. The molecule has 1 aliphatic heterocycles. The van der Waals surface area contributed by atoms with E-state index in [0.29, 0.717) is 28.4 Å². The lowest BCUT2D eigenvalue weighted by molar-refractivity contribution is -0.129. The Kier molecular flexibility index (Phi) is 6.46. The summed E-state index contributed by atoms with van der Waals surface area (Å²) in [5.74, 6) is -0.906. The van der Waals surface area contributed by atoms with Crippen molar-refractivity contribution >= 4 is 23.0 Å². The zero-order valence-corrected chi connectivity index (χ0v) is 18.9. The number of aliphatic hydroxyl groups excluding tert-OH is 1. The molecule has 4 rings (SSSR count). The van der Waals surface area contributed by atoms with Crippen molar-refractivity contribution in [2.75, 3.05) is 20.8 Å². The quantitative estimate of drug-likeness (QED) is 0.485. The van der Waals surface area contributed by atoms with E-state index in [2.05, 4.69) is 0 Å². The first-order valence-corrected chi connectivity index (χ1v) is 11.1. The molecule has 2 aromatic carbocycles. The number of halogens is 1. The summed E-state index contributed by atoms with van der Waals surface area (Å²) in [5, 5.41) is 12.4. The summed E-state index contributed by atoms with van der Waals surface area (Å²) < 4.78 is 24.2. The first kappa shape index (κ1) is 22.5. The SMILES string of the molecule is COc1ccc(CCN2C(=O)C(O)=C(C(=O)c3cccs3)[C@@H]2c2ccc(F)cc2)cc1OC. The van der Waals surface area contributed by atoms with Crippen LogP contribution in [0.4, 0.5) is 4.39 Å². The molecule has 1 aliphatic rings. The highest BCUT2D eigenvalue weighted by Crippen LogP contribution is 2.39. The third kappa shape index (κ3) is 4.34. The number of nitrogens with zero attached hydrogens (tertiary/aromatic N) is 1. The van der Waals surface area contributed by atoms with Crippen molar-refractivity contribution in [2.24, 2.45) is 0 Å². The van der Waals surface area contributed by atoms with Gasteiger partial charge >= 0.3 is 0 Å². The maximum atomic E-state index is 13.6. The molecule has 6 nitrogen and oxygen atoms in total. The molecular weight excluding hydrogens is 445 g/mol. The van der Waals surface area contributed by atoms with E-state index in [1.54, 1.807) is 37.8 Å². The summed E-state index contributed by atoms with van der Waals surface area (Å²) in [4.78, 5) is 28.1. The van der Waals surface area contributed by atoms with E-state index in [4.69, 9.17) is 9.47 Å². The maximum absolute atomic E-state index is 13.6. The molecular formula is C25H22FNO5S. The van der Waals surface area contributed by atoms with E-state index in [1.165, 1.54) is 40.5 Å². The lowest BCUT2D eigenvalue weighted by atomic mass is 9.95. The smallest absolute Gasteiger partial charge is 0.290 e. The van der Waals surface area contributed by atoms with E-state index in [-0.39, 0.29) is 12.1 Å². The number of rotatable bonds is 8. The third-order valence-electron chi connectivity index (χ3n) is 5.57. The van der Waals surface area contributed by atoms with Gasteiger partial charge in [0.1, 0.15) is 5.82 Å². The summed E-state index contributed by atoms with van der Waals surface area (Å²) >= 11 is 1.23. The molecule has 1 atom stereocenters. The van der Waals surface area contributed by atoms with Crippen molar-refractivity contribution < 1.29 is 28.6 Å². The lowest BCUT2D eigenvalue weighted by Crippen LogP contribution is -2.33. The van der Waals surface area contributed by atoms with Crippen LogP contribution in [-0.4, -0.2) is 42.5 Å². The Labute approximate surface area is 194 Å². The van der Waals surface area contributed by atoms with Crippen LogP contribution >= 0.6 is 11.3 Å². The van der Waals surface area contributed by atoms with Crippen LogP contribution in [0.25, 0.3) is 0 Å². The van der Waals surface area contributed by atoms with E-state index in [0.717, 1.165) is 5.56 Å². The fraction of sp³-hybridized carbons (Fsp3) is 0.200. The Morgan fingerprint density at radius 2 is 1.82 bits per heavy atom. The predicted molar refractivity (Wildman–Crippen MR) is 122 cm³/mol. The van der Waals surface area contributed by atoms with Crippen LogP contribution < -0.4 is 9.47 Å². The number of carbonyl (C=O) groups excluding carboxylic acids is 2. The van der Waals surface area contributed by atoms with Gasteiger partial charge in [-0.1, -0.05) is 24.3 Å². The summed E-state index contributed by atoms with van der Waals surface area (Å²) in [5.41, 5.74) is 1.43. The van der Waals surface area contributed by atoms with Crippen molar-refractivity contribution in [1.29, 1.82) is 0 Å². The van der Waals surface area contributed by atoms with E-state index in [1.807, 2.05) is 12.1 Å². The molecule has 0 radical (unpaired) electrons. The van der Waals surface area contributed by atoms with Gasteiger partial charge in [0, 0.05) is 6.54 Å². The highest BCUT2D eigenvalue weighted by atomic mass is 32.1. The highest BCUT2D eigenvalue weighted by Gasteiger charge is 2.43. The Morgan fingerprint density at radius 3 is 2.45 bits per heavy atom. The molecule has 0 unspecified atom stereocenters. The van der Waals surface area contributed by atoms with Crippen LogP contribution in [0.1, 0.15) is 26.8 Å². The van der Waals surface area contributed by atoms with Gasteiger partial charge in [-0.2, -0.15) is 0 Å². The average molecular weight is 468 g/mol. The Balaban J connectivity index is 1.67. The molecule has 1 aromatic heterocycles. The molecule has 1 amide bonds. The number of aliphatic hydroxyl groups is 1. The molecule has 0 fully saturated rings. The molecule has 2 heterocycles. The number of amides is 1. The Hall–Kier alpha value is -3.65. The fourth-order valence-electron chi connectivity index (χ4n) is 3.93. The topological polar surface area (TPSA) is 76.1 Å². The van der Waals surface area contributed by atoms with Gasteiger partial charge in [0.25, 0.3) is 5.91 Å². The van der Waals surface area contributed by atoms with Crippen molar-refractivity contribution in [3.8, 4) is 11.5 Å². The van der Waals surface area contributed by atoms with Gasteiger partial charge in [-0.3, -0.25) is 9.59 Å². The number of ether oxygens (including phenoxy) is 2. The van der Waals surface area contributed by atoms with Crippen LogP contribution in [-0.2, 0) is 11.2 Å². The molecule has 0 bridgehead atoms. The summed E-state index contributed by atoms with van der Waals surface area (Å²) in [7, 11) is 3.09. The first-order valence-electron chi connectivity index (χ1n) is 10.2. The number of Topliss-reactive ketones (excluding diaryl/α,β-unsaturated/α-hetero) is 1. The van der Waals surface area contributed by atoms with Crippen LogP contribution in [0.2, 0.25) is 0 Å². The van der Waals surface area contributed by atoms with Crippen molar-refractivity contribution in [2.45, 2.75) is 12.5 Å². The van der Waals surface area contributed by atoms with Crippen LogP contribution in [0.3, 0.4) is 0 Å². The van der Waals surface area contributed by atoms with Gasteiger partial charge in [0.2, 0.25) is 5.78 Å². The molecule has 8 heteroatoms. The number of hydrogen-bond acceptors (Lipinski definition) is 6. The summed E-state index contributed by atoms with van der Waals surface area (Å²) in [6.45, 7) is 0.224. The minimum absolute atomic E-state index is 0.00127. The van der Waals surface area contributed by atoms with Gasteiger partial charge in [0.15, 0.2) is 17.3 Å². The monoisotopic (exact) mass is 467 g/mol. The number of thiophene rings is 1. The summed E-state index contributed by atoms with van der Waals surface area (Å²) in [6, 6.07) is 13.6. The largest absolute Gasteiger partial charge is 0.503 e. The normalized spacial score (nSPS) is 15.8. The fourth-order valence-corrected chi connectivity index (χ4v) is 4.61. The number of carbonyl (C=O) groups is 2. The zero-order valence-electron chi connectivity index (χ0n) is 18.1. The second-order valence-electron chi connectivity index (χ2n) is 7.46. The Bertz CT molecular complexity index is 1200. The molecule has 0 spiro atoms. The molecule has 1 N–H and O–H groups in total. The molecule has 0 saturated carbocycles. The second kappa shape index (κ2) is 9.46. The van der Waals surface area contributed by atoms with E-state index >= 15 is 0 Å². The van der Waals surface area contributed by atoms with Gasteiger partial charge < -0.3 is 19.5 Å². The van der Waals surface area contributed by atoms with Gasteiger partial charge in [-0.05, 0) is 53.3 Å². The average Bonchev–Trinajstić information content (AvgIpc) is 3.45. The van der Waals surface area contributed by atoms with Crippen LogP contribution in [0, 0.1) is 5.82 Å². The van der Waals surface area contributed by atoms with Gasteiger partial charge in [-0.15, -0.1) is 11.3 Å². The second-order valence-corrected chi connectivity index (χ2v) is 8.41. The molecule has 0 aliphatic carbocycles. The first-order chi connectivity index (χ1) is 15.9. The minimum Gasteiger partial charge on any atom is -0.503 e. The Morgan fingerprint density at radius 1 is 1.09 bits per heavy atom. The summed E-state index contributed by atoms with van der Waals surface area (Å²) in [6.07, 6.45) is 0.442. The molecule has 3 aromatic rings. The van der Waals surface area contributed by atoms with Crippen molar-refractivity contribution in [3.63, 3.8) is 0 Å². The number of methoxy groups -OCH3 is 2. The third-order valence-corrected chi connectivity index (χ3v) is 6.44. The number of ketones is 1. The molecule has 170 valence electrons. The van der Waals surface area contributed by atoms with Crippen LogP contribution in [0.5, 0.6) is 11.5 Å². The van der Waals surface area contributed by atoms with Crippen LogP contribution in [0.15, 0.2) is 71.3 Å². The number of benzene rings is 2. The van der Waals surface area contributed by atoms with Crippen molar-refractivity contribution in [3.05, 3.63) is 93.1 Å². The number of hydrogen-bond donors (Lipinski definition) is 1. The van der Waals surface area contributed by atoms with Gasteiger partial charge in [0.05, 0.1) is 30.7 Å². The van der Waals surface area contributed by atoms with Gasteiger partial charge in [-0.25, -0.2) is 4.39 Å². The lowest BCUT2D eigenvalue weighted by Gasteiger charge is -2.27. The van der Waals surface area contributed by atoms with E-state index in [9.17, 15) is 19.1 Å². The van der Waals surface area contributed by atoms with Crippen molar-refractivity contribution in [1.82, 2.24) is 4.90 Å². The molecule has 0 saturated heterocycles.